The number of rotatable bonds is 4. The largest absolute Gasteiger partial charge is 0.370 e. The van der Waals surface area contributed by atoms with Crippen LogP contribution in [0.25, 0.3) is 10.2 Å². The van der Waals surface area contributed by atoms with Crippen LogP contribution in [0.15, 0.2) is 11.4 Å². The van der Waals surface area contributed by atoms with Crippen molar-refractivity contribution in [2.24, 2.45) is 11.8 Å². The van der Waals surface area contributed by atoms with Crippen molar-refractivity contribution in [2.75, 3.05) is 25.0 Å². The minimum Gasteiger partial charge on any atom is -0.370 e. The summed E-state index contributed by atoms with van der Waals surface area (Å²) in [5.74, 6) is 3.47. The number of nitrogens with zero attached hydrogens (tertiary/aromatic N) is 3. The van der Waals surface area contributed by atoms with Gasteiger partial charge >= 0.3 is 0 Å². The number of anilines is 1. The zero-order valence-electron chi connectivity index (χ0n) is 12.4. The second-order valence-corrected chi connectivity index (χ2v) is 6.70. The lowest BCUT2D eigenvalue weighted by atomic mass is 10.0. The lowest BCUT2D eigenvalue weighted by molar-refractivity contribution is 0.308. The molecule has 0 spiro atoms. The Morgan fingerprint density at radius 2 is 2.05 bits per heavy atom. The van der Waals surface area contributed by atoms with Crippen molar-refractivity contribution >= 4 is 27.4 Å². The summed E-state index contributed by atoms with van der Waals surface area (Å²) in [6.45, 7) is 10.8. The molecule has 108 valence electrons. The maximum absolute atomic E-state index is 4.72. The first kappa shape index (κ1) is 13.8. The number of fused-ring (bicyclic) bond motifs is 1. The Bertz CT molecular complexity index is 585. The van der Waals surface area contributed by atoms with Crippen molar-refractivity contribution in [3.63, 3.8) is 0 Å². The highest BCUT2D eigenvalue weighted by molar-refractivity contribution is 7.16. The summed E-state index contributed by atoms with van der Waals surface area (Å²) in [6, 6.07) is 2.10. The van der Waals surface area contributed by atoms with E-state index in [1.807, 2.05) is 0 Å². The lowest BCUT2D eigenvalue weighted by Gasteiger charge is -2.15. The average molecular weight is 290 g/mol. The van der Waals surface area contributed by atoms with Gasteiger partial charge in [0.05, 0.1) is 11.9 Å². The second-order valence-electron chi connectivity index (χ2n) is 5.81. The van der Waals surface area contributed by atoms with Gasteiger partial charge < -0.3 is 5.32 Å². The maximum atomic E-state index is 4.72. The topological polar surface area (TPSA) is 41.1 Å². The highest BCUT2D eigenvalue weighted by Gasteiger charge is 2.26. The fourth-order valence-corrected chi connectivity index (χ4v) is 3.63. The van der Waals surface area contributed by atoms with Crippen LogP contribution in [-0.4, -0.2) is 34.5 Å². The molecule has 2 unspecified atom stereocenters. The van der Waals surface area contributed by atoms with E-state index in [2.05, 4.69) is 42.4 Å². The molecular weight excluding hydrogens is 268 g/mol. The number of nitrogens with one attached hydrogen (secondary N) is 1. The molecule has 3 rings (SSSR count). The predicted octanol–water partition coefficient (Wildman–Crippen LogP) is 3.21. The van der Waals surface area contributed by atoms with E-state index in [0.29, 0.717) is 0 Å². The molecule has 3 heterocycles. The van der Waals surface area contributed by atoms with Crippen molar-refractivity contribution in [1.29, 1.82) is 0 Å². The van der Waals surface area contributed by atoms with Crippen molar-refractivity contribution in [3.05, 3.63) is 17.3 Å². The SMILES string of the molecule is CCNc1nc(CN2CC(C)C(C)C2)nc2sccc12. The summed E-state index contributed by atoms with van der Waals surface area (Å²) in [7, 11) is 0. The van der Waals surface area contributed by atoms with Gasteiger partial charge in [-0.1, -0.05) is 13.8 Å². The van der Waals surface area contributed by atoms with Crippen LogP contribution < -0.4 is 5.32 Å². The monoisotopic (exact) mass is 290 g/mol. The first-order chi connectivity index (χ1) is 9.67. The van der Waals surface area contributed by atoms with Crippen LogP contribution in [0.5, 0.6) is 0 Å². The molecule has 5 heteroatoms. The van der Waals surface area contributed by atoms with Crippen molar-refractivity contribution in [2.45, 2.75) is 27.3 Å². The molecule has 2 atom stereocenters. The lowest BCUT2D eigenvalue weighted by Crippen LogP contribution is -2.21. The zero-order valence-corrected chi connectivity index (χ0v) is 13.2. The Morgan fingerprint density at radius 1 is 1.30 bits per heavy atom. The summed E-state index contributed by atoms with van der Waals surface area (Å²) in [5, 5.41) is 6.59. The first-order valence-corrected chi connectivity index (χ1v) is 8.25. The molecule has 1 aliphatic heterocycles. The van der Waals surface area contributed by atoms with Gasteiger partial charge in [-0.25, -0.2) is 9.97 Å². The smallest absolute Gasteiger partial charge is 0.146 e. The van der Waals surface area contributed by atoms with E-state index in [1.54, 1.807) is 11.3 Å². The average Bonchev–Trinajstić information content (AvgIpc) is 2.98. The summed E-state index contributed by atoms with van der Waals surface area (Å²) in [5.41, 5.74) is 0. The highest BCUT2D eigenvalue weighted by atomic mass is 32.1. The van der Waals surface area contributed by atoms with Crippen LogP contribution in [0, 0.1) is 11.8 Å². The van der Waals surface area contributed by atoms with Gasteiger partial charge in [-0.05, 0) is 30.2 Å². The molecule has 0 bridgehead atoms. The fraction of sp³-hybridized carbons (Fsp3) is 0.600. The fourth-order valence-electron chi connectivity index (χ4n) is 2.85. The molecule has 2 aromatic heterocycles. The quantitative estimate of drug-likeness (QED) is 0.939. The molecule has 20 heavy (non-hydrogen) atoms. The van der Waals surface area contributed by atoms with Crippen LogP contribution in [0.2, 0.25) is 0 Å². The molecule has 0 aromatic carbocycles. The number of hydrogen-bond acceptors (Lipinski definition) is 5. The Hall–Kier alpha value is -1.20. The molecule has 1 saturated heterocycles. The van der Waals surface area contributed by atoms with Gasteiger partial charge in [0, 0.05) is 19.6 Å². The number of likely N-dealkylation sites (tertiary alicyclic amines) is 1. The Morgan fingerprint density at radius 3 is 2.75 bits per heavy atom. The third-order valence-electron chi connectivity index (χ3n) is 4.14. The van der Waals surface area contributed by atoms with Crippen molar-refractivity contribution in [1.82, 2.24) is 14.9 Å². The van der Waals surface area contributed by atoms with Crippen molar-refractivity contribution < 1.29 is 0 Å². The van der Waals surface area contributed by atoms with Gasteiger partial charge in [-0.3, -0.25) is 4.90 Å². The third-order valence-corrected chi connectivity index (χ3v) is 4.95. The number of hydrogen-bond donors (Lipinski definition) is 1. The summed E-state index contributed by atoms with van der Waals surface area (Å²) in [6.07, 6.45) is 0. The van der Waals surface area contributed by atoms with Gasteiger partial charge in [0.1, 0.15) is 16.5 Å². The standard InChI is InChI=1S/C15H22N4S/c1-4-16-14-12-5-6-20-15(12)18-13(17-14)9-19-7-10(2)11(3)8-19/h5-6,10-11H,4,7-9H2,1-3H3,(H,16,17,18). The highest BCUT2D eigenvalue weighted by Crippen LogP contribution is 2.27. The maximum Gasteiger partial charge on any atom is 0.146 e. The molecule has 4 nitrogen and oxygen atoms in total. The molecule has 1 N–H and O–H groups in total. The molecule has 2 aromatic rings. The molecular formula is C15H22N4S. The molecule has 0 radical (unpaired) electrons. The van der Waals surface area contributed by atoms with E-state index >= 15 is 0 Å². The molecule has 1 aliphatic rings. The van der Waals surface area contributed by atoms with Crippen molar-refractivity contribution in [3.8, 4) is 0 Å². The minimum absolute atomic E-state index is 0.772. The van der Waals surface area contributed by atoms with Gasteiger partial charge in [0.25, 0.3) is 0 Å². The van der Waals surface area contributed by atoms with Crippen LogP contribution in [0.4, 0.5) is 5.82 Å². The Kier molecular flexibility index (Phi) is 3.89. The minimum atomic E-state index is 0.772. The number of aromatic nitrogens is 2. The van der Waals surface area contributed by atoms with E-state index in [0.717, 1.165) is 59.9 Å². The van der Waals surface area contributed by atoms with Gasteiger partial charge in [-0.2, -0.15) is 0 Å². The summed E-state index contributed by atoms with van der Waals surface area (Å²) < 4.78 is 0. The van der Waals surface area contributed by atoms with Gasteiger partial charge in [0.15, 0.2) is 0 Å². The molecule has 0 aliphatic carbocycles. The van der Waals surface area contributed by atoms with E-state index in [1.165, 1.54) is 0 Å². The summed E-state index contributed by atoms with van der Waals surface area (Å²) >= 11 is 1.69. The van der Waals surface area contributed by atoms with Gasteiger partial charge in [-0.15, -0.1) is 11.3 Å². The van der Waals surface area contributed by atoms with Crippen LogP contribution in [-0.2, 0) is 6.54 Å². The van der Waals surface area contributed by atoms with E-state index in [-0.39, 0.29) is 0 Å². The van der Waals surface area contributed by atoms with Crippen LogP contribution in [0.3, 0.4) is 0 Å². The Labute approximate surface area is 124 Å². The van der Waals surface area contributed by atoms with Crippen LogP contribution in [0.1, 0.15) is 26.6 Å². The van der Waals surface area contributed by atoms with E-state index in [4.69, 9.17) is 9.97 Å². The van der Waals surface area contributed by atoms with E-state index < -0.39 is 0 Å². The molecule has 1 fully saturated rings. The Balaban J connectivity index is 1.84. The zero-order chi connectivity index (χ0) is 14.1. The number of thiophene rings is 1. The van der Waals surface area contributed by atoms with Crippen LogP contribution >= 0.6 is 11.3 Å². The van der Waals surface area contributed by atoms with E-state index in [9.17, 15) is 0 Å². The molecule has 0 amide bonds. The van der Waals surface area contributed by atoms with Gasteiger partial charge in [0.2, 0.25) is 0 Å². The molecule has 0 saturated carbocycles. The summed E-state index contributed by atoms with van der Waals surface area (Å²) in [4.78, 5) is 13.0. The second kappa shape index (κ2) is 5.66. The third kappa shape index (κ3) is 2.65. The predicted molar refractivity (Wildman–Crippen MR) is 85.2 cm³/mol. The normalized spacial score (nSPS) is 23.6. The first-order valence-electron chi connectivity index (χ1n) is 7.37.